The first-order chi connectivity index (χ1) is 18.4. The summed E-state index contributed by atoms with van der Waals surface area (Å²) in [6.07, 6.45) is 2.17. The topological polar surface area (TPSA) is 40.8 Å². The number of benzene rings is 4. The number of fused-ring (bicyclic) bond motifs is 3. The normalized spacial score (nSPS) is 11.3. The Balaban J connectivity index is 1.61. The summed E-state index contributed by atoms with van der Waals surface area (Å²) < 4.78 is 8.91. The number of hydrogen-bond donors (Lipinski definition) is 0. The molecule has 0 aliphatic carbocycles. The van der Waals surface area contributed by atoms with Crippen molar-refractivity contribution in [3.8, 4) is 39.6 Å². The van der Waals surface area contributed by atoms with Gasteiger partial charge >= 0.3 is 0 Å². The Bertz CT molecular complexity index is 1920. The van der Waals surface area contributed by atoms with E-state index in [1.807, 2.05) is 12.1 Å². The molecular formula is C35H29N2O+. The lowest BCUT2D eigenvalue weighted by Gasteiger charge is -2.09. The lowest BCUT2D eigenvalue weighted by atomic mass is 9.94. The smallest absolute Gasteiger partial charge is 0.216 e. The molecule has 0 bridgehead atoms. The Labute approximate surface area is 223 Å². The van der Waals surface area contributed by atoms with Gasteiger partial charge in [-0.2, -0.15) is 5.26 Å². The van der Waals surface area contributed by atoms with Crippen LogP contribution in [0.25, 0.3) is 55.4 Å². The molecule has 0 amide bonds. The van der Waals surface area contributed by atoms with Crippen LogP contribution in [0.2, 0.25) is 0 Å². The summed E-state index contributed by atoms with van der Waals surface area (Å²) in [5.74, 6) is 0. The van der Waals surface area contributed by atoms with E-state index in [-0.39, 0.29) is 0 Å². The average Bonchev–Trinajstić information content (AvgIpc) is 3.29. The Hall–Kier alpha value is -4.68. The van der Waals surface area contributed by atoms with Gasteiger partial charge in [0, 0.05) is 28.0 Å². The highest BCUT2D eigenvalue weighted by atomic mass is 16.3. The number of hydrogen-bond acceptors (Lipinski definition) is 2. The average molecular weight is 494 g/mol. The van der Waals surface area contributed by atoms with Crippen molar-refractivity contribution < 1.29 is 8.98 Å². The summed E-state index contributed by atoms with van der Waals surface area (Å²) in [4.78, 5) is 0. The van der Waals surface area contributed by atoms with Crippen LogP contribution >= 0.6 is 0 Å². The number of pyridine rings is 1. The SMILES string of the molecule is Cc1cc(-c2c(C)ccc3c2oc2c(-c4ccc(-c5ccccc5C)cc4)c(C#N)ccc23)[n+](C)cc1C. The first-order valence-corrected chi connectivity index (χ1v) is 12.9. The zero-order valence-electron chi connectivity index (χ0n) is 22.4. The van der Waals surface area contributed by atoms with Crippen molar-refractivity contribution in [3.63, 3.8) is 0 Å². The van der Waals surface area contributed by atoms with Gasteiger partial charge in [0.05, 0.1) is 17.2 Å². The molecule has 0 spiro atoms. The van der Waals surface area contributed by atoms with Gasteiger partial charge in [-0.3, -0.25) is 0 Å². The number of aromatic nitrogens is 1. The second-order valence-corrected chi connectivity index (χ2v) is 10.2. The van der Waals surface area contributed by atoms with Crippen LogP contribution in [-0.4, -0.2) is 0 Å². The second-order valence-electron chi connectivity index (χ2n) is 10.2. The molecule has 0 unspecified atom stereocenters. The Morgan fingerprint density at radius 3 is 2.03 bits per heavy atom. The van der Waals surface area contributed by atoms with Gasteiger partial charge in [0.15, 0.2) is 6.20 Å². The van der Waals surface area contributed by atoms with Gasteiger partial charge in [0.25, 0.3) is 0 Å². The molecule has 0 radical (unpaired) electrons. The van der Waals surface area contributed by atoms with Crippen molar-refractivity contribution in [2.24, 2.45) is 7.05 Å². The van der Waals surface area contributed by atoms with Crippen molar-refractivity contribution >= 4 is 21.9 Å². The molecular weight excluding hydrogens is 464 g/mol. The van der Waals surface area contributed by atoms with Crippen LogP contribution < -0.4 is 4.57 Å². The van der Waals surface area contributed by atoms with Gasteiger partial charge in [-0.05, 0) is 73.2 Å². The second kappa shape index (κ2) is 9.01. The third-order valence-corrected chi connectivity index (χ3v) is 7.77. The van der Waals surface area contributed by atoms with E-state index in [9.17, 15) is 5.26 Å². The summed E-state index contributed by atoms with van der Waals surface area (Å²) in [5, 5.41) is 12.1. The Kier molecular flexibility index (Phi) is 5.62. The van der Waals surface area contributed by atoms with Crippen LogP contribution in [0.5, 0.6) is 0 Å². The molecule has 0 aliphatic rings. The maximum Gasteiger partial charge on any atom is 0.216 e. The third-order valence-electron chi connectivity index (χ3n) is 7.77. The van der Waals surface area contributed by atoms with Gasteiger partial charge in [0.2, 0.25) is 5.69 Å². The maximum absolute atomic E-state index is 10.1. The van der Waals surface area contributed by atoms with Crippen LogP contribution in [0.4, 0.5) is 0 Å². The highest BCUT2D eigenvalue weighted by Crippen LogP contribution is 2.42. The van der Waals surface area contributed by atoms with Gasteiger partial charge in [0.1, 0.15) is 18.2 Å². The van der Waals surface area contributed by atoms with E-state index in [1.54, 1.807) is 0 Å². The highest BCUT2D eigenvalue weighted by molar-refractivity contribution is 6.14. The molecule has 6 rings (SSSR count). The molecule has 184 valence electrons. The molecule has 2 heterocycles. The monoisotopic (exact) mass is 493 g/mol. The molecule has 6 aromatic rings. The molecule has 3 heteroatoms. The van der Waals surface area contributed by atoms with Crippen molar-refractivity contribution in [2.75, 3.05) is 0 Å². The minimum atomic E-state index is 0.607. The maximum atomic E-state index is 10.1. The number of nitrogens with zero attached hydrogens (tertiary/aromatic N) is 2. The van der Waals surface area contributed by atoms with Crippen LogP contribution in [0.3, 0.4) is 0 Å². The van der Waals surface area contributed by atoms with E-state index in [0.29, 0.717) is 5.56 Å². The van der Waals surface area contributed by atoms with Gasteiger partial charge in [-0.1, -0.05) is 60.7 Å². The van der Waals surface area contributed by atoms with Crippen molar-refractivity contribution in [1.82, 2.24) is 0 Å². The third kappa shape index (κ3) is 3.69. The summed E-state index contributed by atoms with van der Waals surface area (Å²) in [6.45, 7) is 8.53. The molecule has 4 aromatic carbocycles. The lowest BCUT2D eigenvalue weighted by Crippen LogP contribution is -2.31. The minimum Gasteiger partial charge on any atom is -0.454 e. The van der Waals surface area contributed by atoms with E-state index in [4.69, 9.17) is 4.42 Å². The standard InChI is InChI=1S/C35H29N2O/c1-21-8-6-7-9-28(21)25-11-13-26(14-12-25)33-27(19-36)15-17-30-29-16-10-22(2)32(34(29)38-35(30)33)31-18-23(3)24(4)20-37(31)5/h6-18,20H,1-5H3/q+1. The summed E-state index contributed by atoms with van der Waals surface area (Å²) in [7, 11) is 2.08. The number of rotatable bonds is 3. The predicted octanol–water partition coefficient (Wildman–Crippen LogP) is 8.52. The highest BCUT2D eigenvalue weighted by Gasteiger charge is 2.23. The Morgan fingerprint density at radius 1 is 0.658 bits per heavy atom. The molecule has 0 saturated carbocycles. The largest absolute Gasteiger partial charge is 0.454 e. The van der Waals surface area contributed by atoms with Crippen molar-refractivity contribution in [3.05, 3.63) is 113 Å². The lowest BCUT2D eigenvalue weighted by molar-refractivity contribution is -0.660. The summed E-state index contributed by atoms with van der Waals surface area (Å²) >= 11 is 0. The Morgan fingerprint density at radius 2 is 1.32 bits per heavy atom. The van der Waals surface area contributed by atoms with Crippen molar-refractivity contribution in [1.29, 1.82) is 5.26 Å². The van der Waals surface area contributed by atoms with Crippen LogP contribution in [-0.2, 0) is 7.05 Å². The van der Waals surface area contributed by atoms with E-state index in [1.165, 1.54) is 22.3 Å². The minimum absolute atomic E-state index is 0.607. The van der Waals surface area contributed by atoms with Crippen molar-refractivity contribution in [2.45, 2.75) is 27.7 Å². The zero-order chi connectivity index (χ0) is 26.6. The van der Waals surface area contributed by atoms with E-state index in [2.05, 4.69) is 118 Å². The van der Waals surface area contributed by atoms with E-state index >= 15 is 0 Å². The van der Waals surface area contributed by atoms with Crippen LogP contribution in [0.1, 0.15) is 27.8 Å². The zero-order valence-corrected chi connectivity index (χ0v) is 22.4. The first kappa shape index (κ1) is 23.7. The molecule has 2 aromatic heterocycles. The molecule has 3 nitrogen and oxygen atoms in total. The number of aryl methyl sites for hydroxylation is 5. The fourth-order valence-electron chi connectivity index (χ4n) is 5.54. The molecule has 0 atom stereocenters. The number of nitriles is 1. The van der Waals surface area contributed by atoms with Gasteiger partial charge in [-0.15, -0.1) is 0 Å². The quantitative estimate of drug-likeness (QED) is 0.232. The van der Waals surface area contributed by atoms with Crippen LogP contribution in [0, 0.1) is 39.0 Å². The summed E-state index contributed by atoms with van der Waals surface area (Å²) in [6, 6.07) is 29.7. The van der Waals surface area contributed by atoms with Gasteiger partial charge in [-0.25, -0.2) is 4.57 Å². The fourth-order valence-corrected chi connectivity index (χ4v) is 5.54. The molecule has 0 aliphatic heterocycles. The first-order valence-electron chi connectivity index (χ1n) is 12.9. The fraction of sp³-hybridized carbons (Fsp3) is 0.143. The van der Waals surface area contributed by atoms with E-state index in [0.717, 1.165) is 55.4 Å². The van der Waals surface area contributed by atoms with E-state index < -0.39 is 0 Å². The predicted molar refractivity (Wildman–Crippen MR) is 155 cm³/mol. The molecule has 38 heavy (non-hydrogen) atoms. The van der Waals surface area contributed by atoms with Gasteiger partial charge < -0.3 is 4.42 Å². The summed E-state index contributed by atoms with van der Waals surface area (Å²) in [5.41, 5.74) is 13.5. The van der Waals surface area contributed by atoms with Crippen LogP contribution in [0.15, 0.2) is 89.5 Å². The molecule has 0 N–H and O–H groups in total. The molecule has 0 saturated heterocycles. The number of furan rings is 1. The molecule has 0 fully saturated rings.